The van der Waals surface area contributed by atoms with E-state index in [-0.39, 0.29) is 30.3 Å². The van der Waals surface area contributed by atoms with Crippen LogP contribution in [-0.4, -0.2) is 35.8 Å². The fourth-order valence-electron chi connectivity index (χ4n) is 3.14. The summed E-state index contributed by atoms with van der Waals surface area (Å²) in [6, 6.07) is 6.88. The molecule has 0 unspecified atom stereocenters. The fourth-order valence-corrected chi connectivity index (χ4v) is 3.14. The quantitative estimate of drug-likeness (QED) is 0.135. The predicted octanol–water partition coefficient (Wildman–Crippen LogP) is 7.30. The molecule has 212 valence electrons. The summed E-state index contributed by atoms with van der Waals surface area (Å²) in [4.78, 5) is 20.6. The van der Waals surface area contributed by atoms with E-state index in [2.05, 4.69) is 34.6 Å². The van der Waals surface area contributed by atoms with Crippen LogP contribution in [0.3, 0.4) is 0 Å². The van der Waals surface area contributed by atoms with Gasteiger partial charge in [0.2, 0.25) is 0 Å². The second kappa shape index (κ2) is 37.1. The second-order valence-electron chi connectivity index (χ2n) is 9.02. The standard InChI is InChI=1S/C15H30O2.C9H10O2.2C4H9.Sn/c1-2-3-4-5-6-7-8-9-10-11-12-13-14-15(16)17;1-2-7-5-3-4-6-8(7)9(10)11;2*1-3-4-2;/h2-14H2,1H3,(H,16,17);3-6H,2H2,1H3,(H,10,11);2*1,3-4H2,2H3;/q;;;;+2/p-2. The van der Waals surface area contributed by atoms with Crippen LogP contribution in [0.15, 0.2) is 24.3 Å². The van der Waals surface area contributed by atoms with Crippen LogP contribution in [0.1, 0.15) is 153 Å². The van der Waals surface area contributed by atoms with Crippen LogP contribution < -0.4 is 10.2 Å². The molecule has 0 atom stereocenters. The van der Waals surface area contributed by atoms with Crippen molar-refractivity contribution in [3.63, 3.8) is 0 Å². The molecule has 0 saturated heterocycles. The molecule has 0 aliphatic carbocycles. The first-order valence-electron chi connectivity index (χ1n) is 14.4. The third-order valence-corrected chi connectivity index (χ3v) is 5.56. The van der Waals surface area contributed by atoms with E-state index in [4.69, 9.17) is 0 Å². The minimum Gasteiger partial charge on any atom is -0.550 e. The minimum atomic E-state index is -1.09. The van der Waals surface area contributed by atoms with Gasteiger partial charge in [-0.3, -0.25) is 0 Å². The predicted molar refractivity (Wildman–Crippen MR) is 157 cm³/mol. The minimum absolute atomic E-state index is 0. The molecule has 5 heteroatoms. The molecule has 0 saturated carbocycles. The van der Waals surface area contributed by atoms with E-state index >= 15 is 0 Å². The van der Waals surface area contributed by atoms with Crippen LogP contribution in [0.2, 0.25) is 0 Å². The third-order valence-electron chi connectivity index (χ3n) is 5.56. The van der Waals surface area contributed by atoms with Gasteiger partial charge in [0.1, 0.15) is 0 Å². The van der Waals surface area contributed by atoms with Gasteiger partial charge in [0.15, 0.2) is 0 Å². The fraction of sp³-hybridized carbons (Fsp3) is 0.688. The van der Waals surface area contributed by atoms with E-state index in [9.17, 15) is 19.8 Å². The number of hydrogen-bond acceptors (Lipinski definition) is 4. The molecule has 0 aliphatic rings. The molecule has 37 heavy (non-hydrogen) atoms. The molecule has 1 aromatic rings. The van der Waals surface area contributed by atoms with Gasteiger partial charge in [-0.05, 0) is 24.8 Å². The Hall–Kier alpha value is -1.04. The summed E-state index contributed by atoms with van der Waals surface area (Å²) in [5, 5.41) is 20.6. The maximum atomic E-state index is 10.5. The SMILES string of the molecule is CCCCCCCCCCCCCCC(=O)[O-].CCc1ccccc1C(=O)[O-].[CH2]CCC.[CH2]CCC.[Sn+2]. The van der Waals surface area contributed by atoms with E-state index in [0.717, 1.165) is 37.7 Å². The van der Waals surface area contributed by atoms with Gasteiger partial charge in [0, 0.05) is 11.5 Å². The van der Waals surface area contributed by atoms with Gasteiger partial charge in [-0.1, -0.05) is 162 Å². The number of carboxylic acid groups (broad SMARTS) is 2. The average Bonchev–Trinajstić information content (AvgIpc) is 2.89. The van der Waals surface area contributed by atoms with Gasteiger partial charge in [0.25, 0.3) is 0 Å². The Bertz CT molecular complexity index is 582. The first kappa shape index (κ1) is 43.0. The average molecular weight is 624 g/mol. The molecular formula is C32H56O4Sn. The molecule has 0 N–H and O–H groups in total. The van der Waals surface area contributed by atoms with Crippen molar-refractivity contribution >= 4 is 35.8 Å². The number of aliphatic carboxylic acids is 1. The number of hydrogen-bond donors (Lipinski definition) is 0. The zero-order valence-corrected chi connectivity index (χ0v) is 27.4. The van der Waals surface area contributed by atoms with Crippen LogP contribution in [0.4, 0.5) is 0 Å². The summed E-state index contributed by atoms with van der Waals surface area (Å²) >= 11 is 0. The molecule has 4 radical (unpaired) electrons. The zero-order valence-electron chi connectivity index (χ0n) is 24.6. The van der Waals surface area contributed by atoms with Gasteiger partial charge in [0.05, 0.1) is 5.97 Å². The third kappa shape index (κ3) is 37.2. The number of carboxylic acids is 2. The van der Waals surface area contributed by atoms with Gasteiger partial charge in [-0.25, -0.2) is 0 Å². The number of aryl methyl sites for hydroxylation is 1. The van der Waals surface area contributed by atoms with E-state index in [1.54, 1.807) is 18.2 Å². The zero-order chi connectivity index (χ0) is 27.9. The summed E-state index contributed by atoms with van der Waals surface area (Å²) in [6.07, 6.45) is 20.8. The largest absolute Gasteiger partial charge is 2.00 e. The van der Waals surface area contributed by atoms with Gasteiger partial charge >= 0.3 is 23.9 Å². The van der Waals surface area contributed by atoms with E-state index in [1.165, 1.54) is 77.0 Å². The van der Waals surface area contributed by atoms with Gasteiger partial charge in [-0.15, -0.1) is 0 Å². The molecule has 4 nitrogen and oxygen atoms in total. The van der Waals surface area contributed by atoms with E-state index in [0.29, 0.717) is 5.56 Å². The maximum Gasteiger partial charge on any atom is 2.00 e. The summed E-state index contributed by atoms with van der Waals surface area (Å²) in [5.41, 5.74) is 1.13. The number of carbonyl (C=O) groups is 2. The first-order valence-corrected chi connectivity index (χ1v) is 14.4. The molecule has 0 bridgehead atoms. The molecule has 0 heterocycles. The van der Waals surface area contributed by atoms with Crippen molar-refractivity contribution in [2.24, 2.45) is 0 Å². The van der Waals surface area contributed by atoms with Crippen molar-refractivity contribution in [3.05, 3.63) is 49.2 Å². The first-order chi connectivity index (χ1) is 17.4. The van der Waals surface area contributed by atoms with E-state index < -0.39 is 11.9 Å². The molecule has 0 spiro atoms. The Morgan fingerprint density at radius 3 is 1.32 bits per heavy atom. The van der Waals surface area contributed by atoms with Crippen LogP contribution in [0.25, 0.3) is 0 Å². The van der Waals surface area contributed by atoms with Crippen molar-refractivity contribution in [1.82, 2.24) is 0 Å². The summed E-state index contributed by atoms with van der Waals surface area (Å²) < 4.78 is 0. The van der Waals surface area contributed by atoms with Crippen molar-refractivity contribution < 1.29 is 19.8 Å². The van der Waals surface area contributed by atoms with Crippen LogP contribution in [-0.2, 0) is 11.2 Å². The van der Waals surface area contributed by atoms with Crippen molar-refractivity contribution in [3.8, 4) is 0 Å². The molecule has 0 fully saturated rings. The van der Waals surface area contributed by atoms with Gasteiger partial charge < -0.3 is 19.8 Å². The molecule has 0 aromatic heterocycles. The smallest absolute Gasteiger partial charge is 0.550 e. The summed E-state index contributed by atoms with van der Waals surface area (Å²) in [5.74, 6) is -2.00. The molecule has 1 aromatic carbocycles. The Balaban J connectivity index is -0.000000232. The maximum absolute atomic E-state index is 10.5. The number of carbonyl (C=O) groups excluding carboxylic acids is 2. The Morgan fingerprint density at radius 1 is 0.649 bits per heavy atom. The Kier molecular flexibility index (Phi) is 43.2. The van der Waals surface area contributed by atoms with Crippen LogP contribution in [0, 0.1) is 13.8 Å². The number of benzene rings is 1. The van der Waals surface area contributed by atoms with Gasteiger partial charge in [-0.2, -0.15) is 0 Å². The van der Waals surface area contributed by atoms with Crippen molar-refractivity contribution in [1.29, 1.82) is 0 Å². The molecule has 1 rings (SSSR count). The number of aromatic carboxylic acids is 1. The topological polar surface area (TPSA) is 80.3 Å². The van der Waals surface area contributed by atoms with Crippen LogP contribution >= 0.6 is 0 Å². The second-order valence-corrected chi connectivity index (χ2v) is 9.02. The Morgan fingerprint density at radius 2 is 1.03 bits per heavy atom. The molecule has 0 aliphatic heterocycles. The monoisotopic (exact) mass is 624 g/mol. The van der Waals surface area contributed by atoms with Crippen molar-refractivity contribution in [2.75, 3.05) is 0 Å². The van der Waals surface area contributed by atoms with Crippen LogP contribution in [0.5, 0.6) is 0 Å². The van der Waals surface area contributed by atoms with Crippen molar-refractivity contribution in [2.45, 2.75) is 143 Å². The molecule has 0 amide bonds. The Labute approximate surface area is 247 Å². The normalized spacial score (nSPS) is 9.35. The number of rotatable bonds is 17. The summed E-state index contributed by atoms with van der Waals surface area (Å²) in [6.45, 7) is 15.6. The summed E-state index contributed by atoms with van der Waals surface area (Å²) in [7, 11) is 0. The van der Waals surface area contributed by atoms with E-state index in [1.807, 2.05) is 13.0 Å². The molecular weight excluding hydrogens is 567 g/mol. The number of unbranched alkanes of at least 4 members (excludes halogenated alkanes) is 13.